The molecule has 0 atom stereocenters. The molecule has 0 fully saturated rings. The molecule has 4 aromatic rings. The highest BCUT2D eigenvalue weighted by Gasteiger charge is 2.14. The van der Waals surface area contributed by atoms with Gasteiger partial charge in [0.1, 0.15) is 18.1 Å². The second-order valence-corrected chi connectivity index (χ2v) is 10.3. The maximum atomic E-state index is 9.09. The molecule has 1 aromatic heterocycles. The highest BCUT2D eigenvalue weighted by atomic mass is 16.5. The molecular weight excluding hydrogens is 478 g/mol. The lowest BCUT2D eigenvalue weighted by Crippen LogP contribution is -2.27. The third kappa shape index (κ3) is 6.94. The van der Waals surface area contributed by atoms with Gasteiger partial charge in [-0.1, -0.05) is 32.9 Å². The maximum absolute atomic E-state index is 9.09. The Morgan fingerprint density at radius 3 is 2.18 bits per heavy atom. The van der Waals surface area contributed by atoms with E-state index >= 15 is 0 Å². The van der Waals surface area contributed by atoms with Crippen molar-refractivity contribution < 1.29 is 19.3 Å². The highest BCUT2D eigenvalue weighted by Crippen LogP contribution is 2.37. The van der Waals surface area contributed by atoms with Crippen molar-refractivity contribution >= 4 is 22.3 Å². The lowest BCUT2D eigenvalue weighted by atomic mass is 9.87. The average molecular weight is 516 g/mol. The number of hydrogen-bond acceptors (Lipinski definition) is 7. The van der Waals surface area contributed by atoms with Crippen LogP contribution in [-0.4, -0.2) is 55.5 Å². The van der Waals surface area contributed by atoms with Crippen molar-refractivity contribution in [3.05, 3.63) is 78.5 Å². The fraction of sp³-hybridized carbons (Fsp3) is 0.323. The van der Waals surface area contributed by atoms with E-state index in [2.05, 4.69) is 55.3 Å². The lowest BCUT2D eigenvalue weighted by molar-refractivity contribution is 0.190. The van der Waals surface area contributed by atoms with Gasteiger partial charge in [0.15, 0.2) is 11.5 Å². The van der Waals surface area contributed by atoms with E-state index < -0.39 is 0 Å². The van der Waals surface area contributed by atoms with Crippen molar-refractivity contribution in [2.45, 2.75) is 26.2 Å². The summed E-state index contributed by atoms with van der Waals surface area (Å²) in [6.07, 6.45) is 1.72. The Labute approximate surface area is 225 Å². The molecule has 7 nitrogen and oxygen atoms in total. The lowest BCUT2D eigenvalue weighted by Gasteiger charge is -2.19. The number of fused-ring (bicyclic) bond motifs is 1. The van der Waals surface area contributed by atoms with Gasteiger partial charge in [-0.05, 0) is 66.6 Å². The molecule has 0 bridgehead atoms. The molecule has 0 aliphatic heterocycles. The smallest absolute Gasteiger partial charge is 0.162 e. The molecule has 0 spiro atoms. The Bertz CT molecular complexity index is 1330. The topological polar surface area (TPSA) is 76.1 Å². The first kappa shape index (κ1) is 27.2. The summed E-state index contributed by atoms with van der Waals surface area (Å²) in [4.78, 5) is 6.49. The zero-order valence-electron chi connectivity index (χ0n) is 22.8. The summed E-state index contributed by atoms with van der Waals surface area (Å²) in [5.74, 6) is 2.62. The van der Waals surface area contributed by atoms with Crippen LogP contribution < -0.4 is 19.5 Å². The standard InChI is InChI=1S/C31H37N3O4/c1-31(2,3)22-6-8-23(9-7-22)33-24-10-12-25(13-11-24)38-28-14-15-32-27-21-29(36-5)30(20-26(27)28)37-19-17-34(4)16-18-35/h6-15,20-21,33,35H,16-19H2,1-5H3. The molecule has 200 valence electrons. The number of aromatic nitrogens is 1. The third-order valence-electron chi connectivity index (χ3n) is 6.32. The molecule has 4 rings (SSSR count). The van der Waals surface area contributed by atoms with Crippen LogP contribution in [-0.2, 0) is 5.41 Å². The fourth-order valence-electron chi connectivity index (χ4n) is 4.04. The van der Waals surface area contributed by atoms with E-state index in [1.54, 1.807) is 13.3 Å². The van der Waals surface area contributed by atoms with Crippen LogP contribution in [0.15, 0.2) is 72.9 Å². The second-order valence-electron chi connectivity index (χ2n) is 10.3. The van der Waals surface area contributed by atoms with Gasteiger partial charge in [-0.25, -0.2) is 0 Å². The van der Waals surface area contributed by atoms with E-state index in [1.807, 2.05) is 54.4 Å². The summed E-state index contributed by atoms with van der Waals surface area (Å²) in [7, 11) is 3.55. The molecule has 0 aliphatic rings. The zero-order valence-corrected chi connectivity index (χ0v) is 22.8. The number of methoxy groups -OCH3 is 1. The SMILES string of the molecule is COc1cc2nccc(Oc3ccc(Nc4ccc(C(C)(C)C)cc4)cc3)c2cc1OCCN(C)CCO. The van der Waals surface area contributed by atoms with Crippen molar-refractivity contribution in [3.63, 3.8) is 0 Å². The molecule has 7 heteroatoms. The van der Waals surface area contributed by atoms with Crippen molar-refractivity contribution in [3.8, 4) is 23.0 Å². The molecule has 2 N–H and O–H groups in total. The van der Waals surface area contributed by atoms with Crippen LogP contribution >= 0.6 is 0 Å². The van der Waals surface area contributed by atoms with Gasteiger partial charge < -0.3 is 29.5 Å². The Morgan fingerprint density at radius 1 is 0.868 bits per heavy atom. The number of ether oxygens (including phenoxy) is 3. The molecule has 0 radical (unpaired) electrons. The Balaban J connectivity index is 1.48. The molecule has 0 saturated heterocycles. The predicted molar refractivity (Wildman–Crippen MR) is 153 cm³/mol. The summed E-state index contributed by atoms with van der Waals surface area (Å²) >= 11 is 0. The first-order valence-electron chi connectivity index (χ1n) is 12.8. The monoisotopic (exact) mass is 515 g/mol. The minimum absolute atomic E-state index is 0.115. The molecule has 0 saturated carbocycles. The average Bonchev–Trinajstić information content (AvgIpc) is 2.89. The summed E-state index contributed by atoms with van der Waals surface area (Å²) in [6.45, 7) is 8.49. The van der Waals surface area contributed by atoms with E-state index in [-0.39, 0.29) is 12.0 Å². The van der Waals surface area contributed by atoms with Crippen molar-refractivity contribution in [1.29, 1.82) is 0 Å². The van der Waals surface area contributed by atoms with Crippen molar-refractivity contribution in [2.75, 3.05) is 45.8 Å². The van der Waals surface area contributed by atoms with Gasteiger partial charge >= 0.3 is 0 Å². The number of rotatable bonds is 11. The molecule has 3 aromatic carbocycles. The van der Waals surface area contributed by atoms with E-state index in [4.69, 9.17) is 19.3 Å². The van der Waals surface area contributed by atoms with Gasteiger partial charge in [-0.3, -0.25) is 4.98 Å². The van der Waals surface area contributed by atoms with Crippen LogP contribution in [0.4, 0.5) is 11.4 Å². The van der Waals surface area contributed by atoms with Gasteiger partial charge in [0.2, 0.25) is 0 Å². The highest BCUT2D eigenvalue weighted by molar-refractivity contribution is 5.88. The Kier molecular flexibility index (Phi) is 8.71. The first-order chi connectivity index (χ1) is 18.3. The number of pyridine rings is 1. The van der Waals surface area contributed by atoms with E-state index in [0.717, 1.165) is 28.0 Å². The number of likely N-dealkylation sites (N-methyl/N-ethyl adjacent to an activating group) is 1. The Morgan fingerprint density at radius 2 is 1.55 bits per heavy atom. The fourth-order valence-corrected chi connectivity index (χ4v) is 4.04. The maximum Gasteiger partial charge on any atom is 0.162 e. The number of benzene rings is 3. The van der Waals surface area contributed by atoms with Crippen LogP contribution in [0.3, 0.4) is 0 Å². The minimum atomic E-state index is 0.115. The van der Waals surface area contributed by atoms with Crippen molar-refractivity contribution in [2.24, 2.45) is 0 Å². The molecule has 0 amide bonds. The van der Waals surface area contributed by atoms with Crippen LogP contribution in [0.5, 0.6) is 23.0 Å². The van der Waals surface area contributed by atoms with E-state index in [0.29, 0.717) is 36.9 Å². The van der Waals surface area contributed by atoms with Gasteiger partial charge in [0, 0.05) is 42.1 Å². The molecular formula is C31H37N3O4. The van der Waals surface area contributed by atoms with Gasteiger partial charge in [0.25, 0.3) is 0 Å². The quantitative estimate of drug-likeness (QED) is 0.240. The van der Waals surface area contributed by atoms with Crippen LogP contribution in [0, 0.1) is 0 Å². The van der Waals surface area contributed by atoms with Crippen LogP contribution in [0.25, 0.3) is 10.9 Å². The number of hydrogen-bond donors (Lipinski definition) is 2. The molecule has 1 heterocycles. The number of anilines is 2. The number of nitrogens with one attached hydrogen (secondary N) is 1. The number of nitrogens with zero attached hydrogens (tertiary/aromatic N) is 2. The zero-order chi connectivity index (χ0) is 27.1. The summed E-state index contributed by atoms with van der Waals surface area (Å²) in [5.41, 5.74) is 4.20. The third-order valence-corrected chi connectivity index (χ3v) is 6.32. The molecule has 0 aliphatic carbocycles. The van der Waals surface area contributed by atoms with Gasteiger partial charge in [-0.2, -0.15) is 0 Å². The first-order valence-corrected chi connectivity index (χ1v) is 12.8. The summed E-state index contributed by atoms with van der Waals surface area (Å²) in [5, 5.41) is 13.4. The number of aliphatic hydroxyl groups excluding tert-OH is 1. The van der Waals surface area contributed by atoms with Gasteiger partial charge in [0.05, 0.1) is 19.2 Å². The largest absolute Gasteiger partial charge is 0.493 e. The Hall–Kier alpha value is -3.81. The van der Waals surface area contributed by atoms with Crippen LogP contribution in [0.1, 0.15) is 26.3 Å². The predicted octanol–water partition coefficient (Wildman–Crippen LogP) is 6.38. The molecule has 38 heavy (non-hydrogen) atoms. The molecule has 0 unspecified atom stereocenters. The van der Waals surface area contributed by atoms with Crippen molar-refractivity contribution in [1.82, 2.24) is 9.88 Å². The van der Waals surface area contributed by atoms with Gasteiger partial charge in [-0.15, -0.1) is 0 Å². The number of aliphatic hydroxyl groups is 1. The summed E-state index contributed by atoms with van der Waals surface area (Å²) in [6, 6.07) is 22.0. The van der Waals surface area contributed by atoms with E-state index in [1.165, 1.54) is 5.56 Å². The minimum Gasteiger partial charge on any atom is -0.493 e. The summed E-state index contributed by atoms with van der Waals surface area (Å²) < 4.78 is 17.8. The second kappa shape index (κ2) is 12.2. The normalized spacial score (nSPS) is 11.6. The van der Waals surface area contributed by atoms with Crippen LogP contribution in [0.2, 0.25) is 0 Å². The van der Waals surface area contributed by atoms with E-state index in [9.17, 15) is 0 Å².